The molecule has 0 unspecified atom stereocenters. The third kappa shape index (κ3) is 2.89. The largest absolute Gasteiger partial charge is 0.459 e. The molecule has 0 aromatic heterocycles. The zero-order valence-corrected chi connectivity index (χ0v) is 10.9. The lowest BCUT2D eigenvalue weighted by Crippen LogP contribution is -2.40. The van der Waals surface area contributed by atoms with Gasteiger partial charge in [-0.15, -0.1) is 0 Å². The molecule has 0 saturated carbocycles. The topological polar surface area (TPSA) is 44.8 Å². The molecular formula is C14H18O4. The fraction of sp³-hybridized carbons (Fsp3) is 0.500. The second-order valence-corrected chi connectivity index (χ2v) is 5.08. The van der Waals surface area contributed by atoms with Crippen LogP contribution in [-0.4, -0.2) is 24.0 Å². The van der Waals surface area contributed by atoms with E-state index < -0.39 is 17.4 Å². The molecule has 0 N–H and O–H groups in total. The van der Waals surface area contributed by atoms with E-state index in [-0.39, 0.29) is 13.2 Å². The van der Waals surface area contributed by atoms with Crippen molar-refractivity contribution in [1.29, 1.82) is 0 Å². The number of benzene rings is 1. The van der Waals surface area contributed by atoms with Crippen molar-refractivity contribution >= 4 is 5.97 Å². The molecule has 0 radical (unpaired) electrons. The van der Waals surface area contributed by atoms with Crippen LogP contribution in [0.2, 0.25) is 0 Å². The molecule has 1 heterocycles. The van der Waals surface area contributed by atoms with Crippen LogP contribution in [0.4, 0.5) is 0 Å². The van der Waals surface area contributed by atoms with Gasteiger partial charge in [-0.3, -0.25) is 0 Å². The van der Waals surface area contributed by atoms with Crippen LogP contribution < -0.4 is 0 Å². The Morgan fingerprint density at radius 3 is 2.50 bits per heavy atom. The van der Waals surface area contributed by atoms with Gasteiger partial charge in [-0.25, -0.2) is 4.79 Å². The molecule has 1 fully saturated rings. The van der Waals surface area contributed by atoms with Gasteiger partial charge < -0.3 is 14.2 Å². The number of hydrogen-bond acceptors (Lipinski definition) is 4. The van der Waals surface area contributed by atoms with Gasteiger partial charge in [0.15, 0.2) is 11.4 Å². The van der Waals surface area contributed by atoms with Crippen molar-refractivity contribution in [2.24, 2.45) is 0 Å². The summed E-state index contributed by atoms with van der Waals surface area (Å²) in [4.78, 5) is 12.0. The number of esters is 1. The molecule has 4 heteroatoms. The van der Waals surface area contributed by atoms with Gasteiger partial charge >= 0.3 is 5.97 Å². The quantitative estimate of drug-likeness (QED) is 0.772. The monoisotopic (exact) mass is 250 g/mol. The summed E-state index contributed by atoms with van der Waals surface area (Å²) in [6, 6.07) is 9.55. The highest BCUT2D eigenvalue weighted by atomic mass is 16.8. The van der Waals surface area contributed by atoms with E-state index in [0.717, 1.165) is 5.56 Å². The standard InChI is InChI=1S/C14H18O4/c1-13(2)17-10-14(3,18-13)12(15)16-9-11-7-5-4-6-8-11/h4-8H,9-10H2,1-3H3/t14-/m0/s1. The minimum atomic E-state index is -1.02. The lowest BCUT2D eigenvalue weighted by Gasteiger charge is -2.23. The molecule has 0 bridgehead atoms. The van der Waals surface area contributed by atoms with E-state index in [2.05, 4.69) is 0 Å². The number of hydrogen-bond donors (Lipinski definition) is 0. The molecule has 18 heavy (non-hydrogen) atoms. The molecule has 1 aliphatic rings. The highest BCUT2D eigenvalue weighted by Gasteiger charge is 2.48. The number of ether oxygens (including phenoxy) is 3. The third-order valence-electron chi connectivity index (χ3n) is 2.81. The Balaban J connectivity index is 1.93. The first kappa shape index (κ1) is 13.1. The van der Waals surface area contributed by atoms with E-state index >= 15 is 0 Å². The fourth-order valence-corrected chi connectivity index (χ4v) is 1.89. The maximum Gasteiger partial charge on any atom is 0.341 e. The molecule has 2 rings (SSSR count). The summed E-state index contributed by atoms with van der Waals surface area (Å²) >= 11 is 0. The molecule has 0 aliphatic carbocycles. The summed E-state index contributed by atoms with van der Waals surface area (Å²) in [5.41, 5.74) is -0.0641. The first-order valence-corrected chi connectivity index (χ1v) is 5.97. The predicted octanol–water partition coefficient (Wildman–Crippen LogP) is 2.27. The first-order chi connectivity index (χ1) is 8.41. The fourth-order valence-electron chi connectivity index (χ4n) is 1.89. The molecule has 1 aromatic rings. The van der Waals surface area contributed by atoms with Gasteiger partial charge in [0.2, 0.25) is 0 Å². The zero-order valence-electron chi connectivity index (χ0n) is 10.9. The maximum atomic E-state index is 12.0. The lowest BCUT2D eigenvalue weighted by molar-refractivity contribution is -0.187. The first-order valence-electron chi connectivity index (χ1n) is 5.97. The summed E-state index contributed by atoms with van der Waals surface area (Å²) in [6.45, 7) is 5.72. The van der Waals surface area contributed by atoms with E-state index in [9.17, 15) is 4.79 Å². The Morgan fingerprint density at radius 2 is 1.94 bits per heavy atom. The van der Waals surface area contributed by atoms with Crippen LogP contribution in [0.15, 0.2) is 30.3 Å². The Labute approximate surface area is 107 Å². The van der Waals surface area contributed by atoms with Gasteiger partial charge in [-0.05, 0) is 26.3 Å². The summed E-state index contributed by atoms with van der Waals surface area (Å²) in [5.74, 6) is -1.13. The summed E-state index contributed by atoms with van der Waals surface area (Å²) in [6.07, 6.45) is 0. The molecule has 1 aliphatic heterocycles. The van der Waals surface area contributed by atoms with Gasteiger partial charge in [-0.2, -0.15) is 0 Å². The Morgan fingerprint density at radius 1 is 1.28 bits per heavy atom. The molecule has 0 amide bonds. The summed E-state index contributed by atoms with van der Waals surface area (Å²) in [5, 5.41) is 0. The average Bonchev–Trinajstić information content (AvgIpc) is 2.63. The molecule has 98 valence electrons. The Bertz CT molecular complexity index is 427. The smallest absolute Gasteiger partial charge is 0.341 e. The predicted molar refractivity (Wildman–Crippen MR) is 65.8 cm³/mol. The molecule has 1 saturated heterocycles. The third-order valence-corrected chi connectivity index (χ3v) is 2.81. The van der Waals surface area contributed by atoms with E-state index in [1.807, 2.05) is 30.3 Å². The van der Waals surface area contributed by atoms with Crippen molar-refractivity contribution < 1.29 is 19.0 Å². The van der Waals surface area contributed by atoms with E-state index in [0.29, 0.717) is 0 Å². The van der Waals surface area contributed by atoms with Gasteiger partial charge in [0.25, 0.3) is 0 Å². The van der Waals surface area contributed by atoms with Gasteiger partial charge in [0.05, 0.1) is 6.61 Å². The highest BCUT2D eigenvalue weighted by Crippen LogP contribution is 2.31. The van der Waals surface area contributed by atoms with Crippen LogP contribution >= 0.6 is 0 Å². The van der Waals surface area contributed by atoms with E-state index in [4.69, 9.17) is 14.2 Å². The number of carbonyl (C=O) groups is 1. The molecule has 1 aromatic carbocycles. The Hall–Kier alpha value is -1.39. The number of rotatable bonds is 3. The summed E-state index contributed by atoms with van der Waals surface area (Å²) < 4.78 is 16.3. The van der Waals surface area contributed by atoms with Crippen molar-refractivity contribution in [3.8, 4) is 0 Å². The van der Waals surface area contributed by atoms with Crippen molar-refractivity contribution in [3.05, 3.63) is 35.9 Å². The van der Waals surface area contributed by atoms with Crippen LogP contribution in [0.1, 0.15) is 26.3 Å². The van der Waals surface area contributed by atoms with Crippen LogP contribution in [-0.2, 0) is 25.6 Å². The SMILES string of the molecule is CC1(C)OC[C@@](C)(C(=O)OCc2ccccc2)O1. The maximum absolute atomic E-state index is 12.0. The molecular weight excluding hydrogens is 232 g/mol. The lowest BCUT2D eigenvalue weighted by atomic mass is 10.1. The number of carbonyl (C=O) groups excluding carboxylic acids is 1. The van der Waals surface area contributed by atoms with Gasteiger partial charge in [0.1, 0.15) is 6.61 Å². The van der Waals surface area contributed by atoms with Crippen molar-refractivity contribution in [3.63, 3.8) is 0 Å². The zero-order chi connectivity index (χ0) is 13.2. The van der Waals surface area contributed by atoms with Crippen molar-refractivity contribution in [2.75, 3.05) is 6.61 Å². The van der Waals surface area contributed by atoms with Crippen molar-refractivity contribution in [1.82, 2.24) is 0 Å². The molecule has 1 atom stereocenters. The van der Waals surface area contributed by atoms with Crippen LogP contribution in [0.3, 0.4) is 0 Å². The molecule has 4 nitrogen and oxygen atoms in total. The Kier molecular flexibility index (Phi) is 3.41. The van der Waals surface area contributed by atoms with Gasteiger partial charge in [0, 0.05) is 0 Å². The van der Waals surface area contributed by atoms with Gasteiger partial charge in [-0.1, -0.05) is 30.3 Å². The van der Waals surface area contributed by atoms with E-state index in [1.165, 1.54) is 0 Å². The van der Waals surface area contributed by atoms with E-state index in [1.54, 1.807) is 20.8 Å². The second-order valence-electron chi connectivity index (χ2n) is 5.08. The van der Waals surface area contributed by atoms with Crippen LogP contribution in [0, 0.1) is 0 Å². The van der Waals surface area contributed by atoms with Crippen LogP contribution in [0.5, 0.6) is 0 Å². The minimum Gasteiger partial charge on any atom is -0.459 e. The average molecular weight is 250 g/mol. The minimum absolute atomic E-state index is 0.216. The second kappa shape index (κ2) is 4.71. The summed E-state index contributed by atoms with van der Waals surface area (Å²) in [7, 11) is 0. The van der Waals surface area contributed by atoms with Crippen molar-refractivity contribution in [2.45, 2.75) is 38.8 Å². The van der Waals surface area contributed by atoms with Crippen LogP contribution in [0.25, 0.3) is 0 Å². The normalized spacial score (nSPS) is 25.9. The molecule has 0 spiro atoms. The highest BCUT2D eigenvalue weighted by molar-refractivity contribution is 5.79.